The minimum atomic E-state index is -0.476. The molecule has 190 valence electrons. The minimum absolute atomic E-state index is 0.122. The van der Waals surface area contributed by atoms with Crippen LogP contribution < -0.4 is 10.6 Å². The van der Waals surface area contributed by atoms with Crippen LogP contribution in [0.3, 0.4) is 0 Å². The number of hydrogen-bond acceptors (Lipinski definition) is 2. The zero-order valence-corrected chi connectivity index (χ0v) is 21.7. The van der Waals surface area contributed by atoms with Gasteiger partial charge in [0.2, 0.25) is 5.91 Å². The van der Waals surface area contributed by atoms with Gasteiger partial charge in [0.1, 0.15) is 0 Å². The first-order valence-electron chi connectivity index (χ1n) is 13.5. The van der Waals surface area contributed by atoms with Crippen LogP contribution in [0.15, 0.2) is 78.9 Å². The molecule has 37 heavy (non-hydrogen) atoms. The van der Waals surface area contributed by atoms with Gasteiger partial charge in [-0.3, -0.25) is 9.59 Å². The van der Waals surface area contributed by atoms with Gasteiger partial charge in [-0.2, -0.15) is 0 Å². The van der Waals surface area contributed by atoms with E-state index in [0.717, 1.165) is 29.0 Å². The van der Waals surface area contributed by atoms with E-state index in [1.165, 1.54) is 44.1 Å². The summed E-state index contributed by atoms with van der Waals surface area (Å²) in [5, 5.41) is 6.44. The van der Waals surface area contributed by atoms with Crippen molar-refractivity contribution in [3.05, 3.63) is 101 Å². The lowest BCUT2D eigenvalue weighted by atomic mass is 9.48. The third-order valence-corrected chi connectivity index (χ3v) is 9.16. The molecule has 2 amide bonds. The Balaban J connectivity index is 1.14. The Morgan fingerprint density at radius 2 is 1.41 bits per heavy atom. The van der Waals surface area contributed by atoms with Crippen LogP contribution in [0.4, 0.5) is 5.69 Å². The number of hydrogen-bond donors (Lipinski definition) is 2. The van der Waals surface area contributed by atoms with E-state index in [1.807, 2.05) is 42.5 Å². The summed E-state index contributed by atoms with van der Waals surface area (Å²) in [5.74, 6) is 2.27. The molecule has 3 aromatic carbocycles. The van der Waals surface area contributed by atoms with E-state index in [2.05, 4.69) is 22.8 Å². The molecule has 1 atom stereocenters. The average Bonchev–Trinajstić information content (AvgIpc) is 2.88. The fraction of sp³-hybridized carbons (Fsp3) is 0.375. The van der Waals surface area contributed by atoms with Gasteiger partial charge in [0.15, 0.2) is 0 Å². The second-order valence-electron chi connectivity index (χ2n) is 11.4. The number of benzene rings is 3. The predicted molar refractivity (Wildman–Crippen MR) is 148 cm³/mol. The lowest BCUT2D eigenvalue weighted by Crippen LogP contribution is -2.48. The van der Waals surface area contributed by atoms with Gasteiger partial charge >= 0.3 is 0 Å². The number of rotatable bonds is 7. The maximum atomic E-state index is 13.1. The zero-order chi connectivity index (χ0) is 25.4. The van der Waals surface area contributed by atoms with Crippen molar-refractivity contribution in [2.75, 3.05) is 5.32 Å². The largest absolute Gasteiger partial charge is 0.345 e. The molecular weight excluding hydrogens is 480 g/mol. The maximum Gasteiger partial charge on any atom is 0.253 e. The summed E-state index contributed by atoms with van der Waals surface area (Å²) < 4.78 is 0. The van der Waals surface area contributed by atoms with E-state index in [9.17, 15) is 9.59 Å². The summed E-state index contributed by atoms with van der Waals surface area (Å²) in [6.45, 7) is 0. The molecule has 0 saturated heterocycles. The van der Waals surface area contributed by atoms with E-state index in [4.69, 9.17) is 11.6 Å². The van der Waals surface area contributed by atoms with Gasteiger partial charge < -0.3 is 10.6 Å². The van der Waals surface area contributed by atoms with Crippen LogP contribution in [0, 0.1) is 17.8 Å². The van der Waals surface area contributed by atoms with Gasteiger partial charge in [-0.1, -0.05) is 66.2 Å². The molecule has 0 heterocycles. The summed E-state index contributed by atoms with van der Waals surface area (Å²) in [5.41, 5.74) is 3.85. The summed E-state index contributed by atoms with van der Waals surface area (Å²) in [4.78, 5) is 26.1. The summed E-state index contributed by atoms with van der Waals surface area (Å²) in [6.07, 6.45) is 8.41. The molecule has 4 nitrogen and oxygen atoms in total. The quantitative estimate of drug-likeness (QED) is 0.348. The Morgan fingerprint density at radius 3 is 2.03 bits per heavy atom. The smallest absolute Gasteiger partial charge is 0.253 e. The second kappa shape index (κ2) is 9.98. The van der Waals surface area contributed by atoms with E-state index >= 15 is 0 Å². The molecule has 0 aliphatic heterocycles. The first-order chi connectivity index (χ1) is 18.0. The molecule has 4 aliphatic carbocycles. The highest BCUT2D eigenvalue weighted by Crippen LogP contribution is 2.60. The predicted octanol–water partition coefficient (Wildman–Crippen LogP) is 7.31. The van der Waals surface area contributed by atoms with E-state index < -0.39 is 6.04 Å². The second-order valence-corrected chi connectivity index (χ2v) is 11.9. The summed E-state index contributed by atoms with van der Waals surface area (Å²) in [7, 11) is 0. The number of amides is 2. The Labute approximate surface area is 223 Å². The van der Waals surface area contributed by atoms with Crippen molar-refractivity contribution in [3.8, 4) is 0 Å². The van der Waals surface area contributed by atoms with E-state index in [0.29, 0.717) is 16.0 Å². The van der Waals surface area contributed by atoms with Gasteiger partial charge in [0, 0.05) is 5.69 Å². The Morgan fingerprint density at radius 1 is 0.811 bits per heavy atom. The molecule has 3 aromatic rings. The molecule has 0 aromatic heterocycles. The molecule has 0 radical (unpaired) electrons. The van der Waals surface area contributed by atoms with Crippen molar-refractivity contribution in [1.29, 1.82) is 0 Å². The summed E-state index contributed by atoms with van der Waals surface area (Å²) in [6, 6.07) is 24.6. The monoisotopic (exact) mass is 512 g/mol. The molecule has 0 spiro atoms. The van der Waals surface area contributed by atoms with Crippen LogP contribution in [0.25, 0.3) is 0 Å². The standard InChI is InChI=1S/C32H33ClN2O2/c33-28-9-5-4-8-27(28)31(37)35-29(24-6-2-1-3-7-24)17-30(36)34-26-12-10-25(11-13-26)32-18-21-14-22(19-32)16-23(15-21)20-32/h1-13,21-23,29H,14-20H2,(H,34,36)(H,35,37)/t21?,22?,23?,29-,32?/m1/s1. The van der Waals surface area contributed by atoms with Crippen LogP contribution in [-0.2, 0) is 10.2 Å². The number of carbonyl (C=O) groups excluding carboxylic acids is 2. The van der Waals surface area contributed by atoms with E-state index in [-0.39, 0.29) is 18.2 Å². The molecule has 0 unspecified atom stereocenters. The lowest BCUT2D eigenvalue weighted by molar-refractivity contribution is -0.116. The first-order valence-corrected chi connectivity index (χ1v) is 13.9. The minimum Gasteiger partial charge on any atom is -0.345 e. The fourth-order valence-electron chi connectivity index (χ4n) is 7.59. The third-order valence-electron chi connectivity index (χ3n) is 8.83. The van der Waals surface area contributed by atoms with Gasteiger partial charge in [-0.05, 0) is 97.1 Å². The Bertz CT molecular complexity index is 1250. The van der Waals surface area contributed by atoms with Crippen molar-refractivity contribution < 1.29 is 9.59 Å². The fourth-order valence-corrected chi connectivity index (χ4v) is 7.81. The third kappa shape index (κ3) is 5.04. The summed E-state index contributed by atoms with van der Waals surface area (Å²) >= 11 is 6.23. The zero-order valence-electron chi connectivity index (χ0n) is 21.0. The van der Waals surface area contributed by atoms with Crippen LogP contribution in [0.2, 0.25) is 5.02 Å². The lowest BCUT2D eigenvalue weighted by Gasteiger charge is -2.57. The van der Waals surface area contributed by atoms with Crippen molar-refractivity contribution in [1.82, 2.24) is 5.32 Å². The molecule has 4 aliphatic rings. The van der Waals surface area contributed by atoms with Crippen LogP contribution >= 0.6 is 11.6 Å². The molecule has 2 N–H and O–H groups in total. The van der Waals surface area contributed by atoms with Gasteiger partial charge in [0.25, 0.3) is 5.91 Å². The SMILES string of the molecule is O=C(C[C@@H](NC(=O)c1ccccc1Cl)c1ccccc1)Nc1ccc(C23CC4CC(CC(C4)C2)C3)cc1. The Kier molecular flexibility index (Phi) is 6.54. The van der Waals surface area contributed by atoms with Gasteiger partial charge in [0.05, 0.1) is 23.0 Å². The van der Waals surface area contributed by atoms with E-state index in [1.54, 1.807) is 24.3 Å². The van der Waals surface area contributed by atoms with Gasteiger partial charge in [-0.25, -0.2) is 0 Å². The maximum absolute atomic E-state index is 13.1. The molecular formula is C32H33ClN2O2. The van der Waals surface area contributed by atoms with Gasteiger partial charge in [-0.15, -0.1) is 0 Å². The molecule has 4 saturated carbocycles. The molecule has 5 heteroatoms. The van der Waals surface area contributed by atoms with Crippen molar-refractivity contribution in [3.63, 3.8) is 0 Å². The van der Waals surface area contributed by atoms with Crippen LogP contribution in [0.5, 0.6) is 0 Å². The molecule has 4 fully saturated rings. The van der Waals surface area contributed by atoms with Crippen molar-refractivity contribution in [2.45, 2.75) is 56.4 Å². The highest BCUT2D eigenvalue weighted by atomic mass is 35.5. The van der Waals surface area contributed by atoms with Crippen LogP contribution in [-0.4, -0.2) is 11.8 Å². The average molecular weight is 513 g/mol. The molecule has 4 bridgehead atoms. The topological polar surface area (TPSA) is 58.2 Å². The number of nitrogens with one attached hydrogen (secondary N) is 2. The molecule has 7 rings (SSSR count). The number of anilines is 1. The van der Waals surface area contributed by atoms with Crippen molar-refractivity contribution >= 4 is 29.1 Å². The first kappa shape index (κ1) is 24.2. The highest BCUT2D eigenvalue weighted by Gasteiger charge is 2.51. The normalized spacial score (nSPS) is 26.5. The van der Waals surface area contributed by atoms with Crippen molar-refractivity contribution in [2.24, 2.45) is 17.8 Å². The highest BCUT2D eigenvalue weighted by molar-refractivity contribution is 6.33. The Hall–Kier alpha value is -3.11. The number of carbonyl (C=O) groups is 2. The van der Waals surface area contributed by atoms with Crippen LogP contribution in [0.1, 0.15) is 72.5 Å². The number of halogens is 1.